The molecule has 128 valence electrons. The maximum atomic E-state index is 13.1. The van der Waals surface area contributed by atoms with E-state index in [4.69, 9.17) is 0 Å². The van der Waals surface area contributed by atoms with E-state index in [2.05, 4.69) is 15.3 Å². The van der Waals surface area contributed by atoms with Gasteiger partial charge in [-0.25, -0.2) is 14.4 Å². The molecule has 0 spiro atoms. The number of halogens is 1. The predicted molar refractivity (Wildman–Crippen MR) is 93.6 cm³/mol. The minimum Gasteiger partial charge on any atom is -0.359 e. The van der Waals surface area contributed by atoms with Crippen molar-refractivity contribution in [3.05, 3.63) is 41.8 Å². The average Bonchev–Trinajstić information content (AvgIpc) is 2.60. The number of benzene rings is 1. The lowest BCUT2D eigenvalue weighted by molar-refractivity contribution is 0.0939. The molecule has 2 rings (SSSR count). The summed E-state index contributed by atoms with van der Waals surface area (Å²) >= 11 is 0. The molecule has 0 saturated heterocycles. The first-order valence-corrected chi connectivity index (χ1v) is 8.11. The van der Waals surface area contributed by atoms with Crippen LogP contribution in [0.5, 0.6) is 0 Å². The highest BCUT2D eigenvalue weighted by Crippen LogP contribution is 2.22. The Morgan fingerprint density at radius 3 is 2.54 bits per heavy atom. The van der Waals surface area contributed by atoms with Crippen molar-refractivity contribution in [2.45, 2.75) is 33.2 Å². The number of nitrogens with one attached hydrogen (secondary N) is 1. The van der Waals surface area contributed by atoms with Crippen molar-refractivity contribution in [2.75, 3.05) is 18.5 Å². The number of hydrogen-bond donors (Lipinski definition) is 1. The number of carbonyl (C=O) groups is 1. The molecule has 0 aliphatic rings. The summed E-state index contributed by atoms with van der Waals surface area (Å²) in [6.45, 7) is 6.65. The summed E-state index contributed by atoms with van der Waals surface area (Å²) in [5.41, 5.74) is 1.14. The van der Waals surface area contributed by atoms with E-state index in [0.29, 0.717) is 29.3 Å². The zero-order chi connectivity index (χ0) is 17.7. The lowest BCUT2D eigenvalue weighted by atomic mass is 10.2. The second kappa shape index (κ2) is 7.86. The molecule has 5 nitrogen and oxygen atoms in total. The summed E-state index contributed by atoms with van der Waals surface area (Å²) in [7, 11) is 1.87. The number of aromatic nitrogens is 2. The van der Waals surface area contributed by atoms with Crippen molar-refractivity contribution in [2.24, 2.45) is 0 Å². The molecule has 1 amide bonds. The summed E-state index contributed by atoms with van der Waals surface area (Å²) in [5, 5.41) is 2.94. The van der Waals surface area contributed by atoms with Crippen LogP contribution < -0.4 is 10.2 Å². The first-order valence-electron chi connectivity index (χ1n) is 8.11. The van der Waals surface area contributed by atoms with Gasteiger partial charge in [0.05, 0.1) is 0 Å². The minimum atomic E-state index is -0.311. The number of carbonyl (C=O) groups excluding carboxylic acids is 1. The normalized spacial score (nSPS) is 11.9. The van der Waals surface area contributed by atoms with E-state index in [0.717, 1.165) is 6.42 Å². The van der Waals surface area contributed by atoms with E-state index in [-0.39, 0.29) is 17.8 Å². The molecule has 24 heavy (non-hydrogen) atoms. The highest BCUT2D eigenvalue weighted by molar-refractivity contribution is 5.99. The Bertz CT molecular complexity index is 703. The fraction of sp³-hybridized carbons (Fsp3) is 0.389. The van der Waals surface area contributed by atoms with Gasteiger partial charge in [-0.2, -0.15) is 0 Å². The summed E-state index contributed by atoms with van der Waals surface area (Å²) < 4.78 is 13.1. The molecule has 0 bridgehead atoms. The molecule has 1 atom stereocenters. The topological polar surface area (TPSA) is 58.1 Å². The van der Waals surface area contributed by atoms with Gasteiger partial charge in [0, 0.05) is 31.4 Å². The van der Waals surface area contributed by atoms with Crippen LogP contribution in [0, 0.1) is 5.82 Å². The third-order valence-corrected chi connectivity index (χ3v) is 3.94. The van der Waals surface area contributed by atoms with Crippen LogP contribution in [-0.2, 0) is 0 Å². The van der Waals surface area contributed by atoms with Crippen LogP contribution in [0.15, 0.2) is 30.5 Å². The van der Waals surface area contributed by atoms with Crippen molar-refractivity contribution < 1.29 is 9.18 Å². The largest absolute Gasteiger partial charge is 0.359 e. The number of nitrogens with zero attached hydrogens (tertiary/aromatic N) is 3. The molecule has 1 aromatic heterocycles. The van der Waals surface area contributed by atoms with Gasteiger partial charge in [0.25, 0.3) is 5.91 Å². The van der Waals surface area contributed by atoms with Crippen LogP contribution in [0.3, 0.4) is 0 Å². The second-order valence-electron chi connectivity index (χ2n) is 5.73. The first kappa shape index (κ1) is 17.8. The second-order valence-corrected chi connectivity index (χ2v) is 5.73. The fourth-order valence-corrected chi connectivity index (χ4v) is 2.12. The molecule has 0 aliphatic carbocycles. The monoisotopic (exact) mass is 330 g/mol. The maximum Gasteiger partial charge on any atom is 0.256 e. The van der Waals surface area contributed by atoms with Gasteiger partial charge in [-0.3, -0.25) is 4.79 Å². The van der Waals surface area contributed by atoms with E-state index >= 15 is 0 Å². The Balaban J connectivity index is 2.42. The standard InChI is InChI=1S/C18H23FN4O/c1-5-12(3)21-18(24)15-11-20-16(22-17(15)23(4)6-2)13-7-9-14(19)10-8-13/h7-12H,5-6H2,1-4H3,(H,21,24)/t12-/m0/s1. The molecule has 0 fully saturated rings. The molecule has 1 heterocycles. The van der Waals surface area contributed by atoms with Crippen LogP contribution in [0.4, 0.5) is 10.2 Å². The first-order chi connectivity index (χ1) is 11.5. The Kier molecular flexibility index (Phi) is 5.84. The number of amides is 1. The van der Waals surface area contributed by atoms with Gasteiger partial charge in [0.2, 0.25) is 0 Å². The molecule has 1 N–H and O–H groups in total. The van der Waals surface area contributed by atoms with Crippen molar-refractivity contribution in [3.8, 4) is 11.4 Å². The van der Waals surface area contributed by atoms with Crippen LogP contribution in [0.1, 0.15) is 37.6 Å². The maximum absolute atomic E-state index is 13.1. The van der Waals surface area contributed by atoms with Crippen molar-refractivity contribution in [1.29, 1.82) is 0 Å². The lowest BCUT2D eigenvalue weighted by Crippen LogP contribution is -2.34. The van der Waals surface area contributed by atoms with Gasteiger partial charge < -0.3 is 10.2 Å². The fourth-order valence-electron chi connectivity index (χ4n) is 2.12. The third-order valence-electron chi connectivity index (χ3n) is 3.94. The quantitative estimate of drug-likeness (QED) is 0.883. The van der Waals surface area contributed by atoms with Crippen LogP contribution in [-0.4, -0.2) is 35.5 Å². The van der Waals surface area contributed by atoms with Gasteiger partial charge >= 0.3 is 0 Å². The molecule has 0 saturated carbocycles. The van der Waals surface area contributed by atoms with Crippen molar-refractivity contribution >= 4 is 11.7 Å². The molecule has 0 radical (unpaired) electrons. The Morgan fingerprint density at radius 1 is 1.29 bits per heavy atom. The van der Waals surface area contributed by atoms with Gasteiger partial charge in [-0.15, -0.1) is 0 Å². The lowest BCUT2D eigenvalue weighted by Gasteiger charge is -2.20. The van der Waals surface area contributed by atoms with Gasteiger partial charge in [-0.1, -0.05) is 6.92 Å². The molecule has 1 aromatic carbocycles. The highest BCUT2D eigenvalue weighted by atomic mass is 19.1. The summed E-state index contributed by atoms with van der Waals surface area (Å²) in [6, 6.07) is 6.06. The number of hydrogen-bond acceptors (Lipinski definition) is 4. The van der Waals surface area contributed by atoms with E-state index in [9.17, 15) is 9.18 Å². The molecule has 0 unspecified atom stereocenters. The Hall–Kier alpha value is -2.50. The minimum absolute atomic E-state index is 0.0778. The molecule has 2 aromatic rings. The van der Waals surface area contributed by atoms with Crippen LogP contribution in [0.2, 0.25) is 0 Å². The summed E-state index contributed by atoms with van der Waals surface area (Å²) in [6.07, 6.45) is 2.38. The number of rotatable bonds is 6. The molecule has 0 aliphatic heterocycles. The smallest absolute Gasteiger partial charge is 0.256 e. The van der Waals surface area contributed by atoms with Crippen LogP contribution in [0.25, 0.3) is 11.4 Å². The zero-order valence-electron chi connectivity index (χ0n) is 14.5. The summed E-state index contributed by atoms with van der Waals surface area (Å²) in [4.78, 5) is 23.2. The van der Waals surface area contributed by atoms with E-state index in [1.807, 2.05) is 32.7 Å². The van der Waals surface area contributed by atoms with E-state index in [1.165, 1.54) is 18.3 Å². The van der Waals surface area contributed by atoms with Gasteiger partial charge in [0.15, 0.2) is 5.82 Å². The SMILES string of the molecule is CC[C@H](C)NC(=O)c1cnc(-c2ccc(F)cc2)nc1N(C)CC. The van der Waals surface area contributed by atoms with E-state index < -0.39 is 0 Å². The van der Waals surface area contributed by atoms with Crippen molar-refractivity contribution in [3.63, 3.8) is 0 Å². The molecule has 6 heteroatoms. The van der Waals surface area contributed by atoms with E-state index in [1.54, 1.807) is 12.1 Å². The number of anilines is 1. The Morgan fingerprint density at radius 2 is 1.96 bits per heavy atom. The molecular weight excluding hydrogens is 307 g/mol. The predicted octanol–water partition coefficient (Wildman–Crippen LogP) is 3.27. The van der Waals surface area contributed by atoms with Crippen molar-refractivity contribution in [1.82, 2.24) is 15.3 Å². The third kappa shape index (κ3) is 4.07. The van der Waals surface area contributed by atoms with Gasteiger partial charge in [0.1, 0.15) is 17.2 Å². The summed E-state index contributed by atoms with van der Waals surface area (Å²) in [5.74, 6) is 0.525. The Labute approximate surface area is 141 Å². The zero-order valence-corrected chi connectivity index (χ0v) is 14.5. The van der Waals surface area contributed by atoms with Gasteiger partial charge in [-0.05, 0) is 44.5 Å². The van der Waals surface area contributed by atoms with Crippen LogP contribution >= 0.6 is 0 Å². The molecular formula is C18H23FN4O. The highest BCUT2D eigenvalue weighted by Gasteiger charge is 2.19. The average molecular weight is 330 g/mol.